The molecule has 156 valence electrons. The Bertz CT molecular complexity index is 591. The van der Waals surface area contributed by atoms with E-state index in [1.807, 2.05) is 0 Å². The monoisotopic (exact) mass is 398 g/mol. The molecule has 0 spiro atoms. The third-order valence-corrected chi connectivity index (χ3v) is 8.22. The van der Waals surface area contributed by atoms with Crippen LogP contribution in [-0.4, -0.2) is 68.5 Å². The number of guanidine groups is 1. The lowest BCUT2D eigenvalue weighted by Gasteiger charge is -2.36. The highest BCUT2D eigenvalue weighted by Crippen LogP contribution is 2.20. The normalized spacial score (nSPS) is 28.6. The predicted molar refractivity (Wildman–Crippen MR) is 112 cm³/mol. The van der Waals surface area contributed by atoms with Gasteiger partial charge in [0.25, 0.3) is 0 Å². The maximum Gasteiger partial charge on any atom is 0.191 e. The smallest absolute Gasteiger partial charge is 0.191 e. The van der Waals surface area contributed by atoms with Gasteiger partial charge in [-0.15, -0.1) is 0 Å². The second-order valence-corrected chi connectivity index (χ2v) is 11.2. The molecule has 2 N–H and O–H groups in total. The highest BCUT2D eigenvalue weighted by molar-refractivity contribution is 7.91. The summed E-state index contributed by atoms with van der Waals surface area (Å²) in [6.07, 6.45) is 9.38. The summed E-state index contributed by atoms with van der Waals surface area (Å²) in [5.41, 5.74) is 0. The van der Waals surface area contributed by atoms with Crippen molar-refractivity contribution in [3.63, 3.8) is 0 Å². The molecule has 0 aromatic carbocycles. The number of piperidine rings is 1. The Morgan fingerprint density at radius 2 is 1.63 bits per heavy atom. The number of aliphatic imine (C=N–C) groups is 1. The average Bonchev–Trinajstić information content (AvgIpc) is 3.00. The number of hydrogen-bond acceptors (Lipinski definition) is 4. The molecular formula is C20H38N4O2S. The summed E-state index contributed by atoms with van der Waals surface area (Å²) in [5.74, 6) is 1.73. The van der Waals surface area contributed by atoms with Gasteiger partial charge in [-0.1, -0.05) is 19.3 Å². The Morgan fingerprint density at radius 1 is 1.00 bits per heavy atom. The summed E-state index contributed by atoms with van der Waals surface area (Å²) in [6.45, 7) is 7.41. The molecule has 0 amide bonds. The minimum Gasteiger partial charge on any atom is -0.354 e. The van der Waals surface area contributed by atoms with Crippen LogP contribution in [0.3, 0.4) is 0 Å². The summed E-state index contributed by atoms with van der Waals surface area (Å²) < 4.78 is 23.4. The van der Waals surface area contributed by atoms with Crippen molar-refractivity contribution >= 4 is 15.8 Å². The van der Waals surface area contributed by atoms with Crippen molar-refractivity contribution < 1.29 is 8.42 Å². The summed E-state index contributed by atoms with van der Waals surface area (Å²) in [4.78, 5) is 7.36. The molecule has 1 atom stereocenters. The van der Waals surface area contributed by atoms with E-state index >= 15 is 0 Å². The standard InChI is InChI=1S/C20H38N4O2S/c1-16(2)24-11-8-19(9-12-24)23-20(22-18-6-4-3-5-7-18)21-14-17-10-13-27(25,26)15-17/h16-19H,3-15H2,1-2H3,(H2,21,22,23). The molecule has 1 unspecified atom stereocenters. The molecule has 3 rings (SSSR count). The fraction of sp³-hybridized carbons (Fsp3) is 0.950. The molecule has 2 saturated heterocycles. The second-order valence-electron chi connectivity index (χ2n) is 8.99. The number of likely N-dealkylation sites (tertiary alicyclic amines) is 1. The van der Waals surface area contributed by atoms with Crippen molar-refractivity contribution in [2.75, 3.05) is 31.1 Å². The van der Waals surface area contributed by atoms with Gasteiger partial charge in [-0.05, 0) is 51.9 Å². The fourth-order valence-electron chi connectivity index (χ4n) is 4.56. The maximum absolute atomic E-state index is 11.7. The molecular weight excluding hydrogens is 360 g/mol. The molecule has 0 aromatic heterocycles. The van der Waals surface area contributed by atoms with Crippen molar-refractivity contribution in [3.05, 3.63) is 0 Å². The van der Waals surface area contributed by atoms with Gasteiger partial charge in [0.1, 0.15) is 0 Å². The number of nitrogens with zero attached hydrogens (tertiary/aromatic N) is 2. The van der Waals surface area contributed by atoms with Gasteiger partial charge in [-0.25, -0.2) is 8.42 Å². The van der Waals surface area contributed by atoms with Crippen LogP contribution in [0.5, 0.6) is 0 Å². The van der Waals surface area contributed by atoms with Gasteiger partial charge >= 0.3 is 0 Å². The van der Waals surface area contributed by atoms with Crippen LogP contribution >= 0.6 is 0 Å². The fourth-order valence-corrected chi connectivity index (χ4v) is 6.41. The lowest BCUT2D eigenvalue weighted by molar-refractivity contribution is 0.167. The Morgan fingerprint density at radius 3 is 2.19 bits per heavy atom. The van der Waals surface area contributed by atoms with Crippen molar-refractivity contribution in [3.8, 4) is 0 Å². The van der Waals surface area contributed by atoms with E-state index in [9.17, 15) is 8.42 Å². The molecule has 2 aliphatic heterocycles. The number of hydrogen-bond donors (Lipinski definition) is 2. The highest BCUT2D eigenvalue weighted by atomic mass is 32.2. The van der Waals surface area contributed by atoms with Crippen LogP contribution in [0.2, 0.25) is 0 Å². The molecule has 3 aliphatic rings. The first kappa shape index (κ1) is 20.9. The zero-order valence-electron chi connectivity index (χ0n) is 17.1. The van der Waals surface area contributed by atoms with E-state index < -0.39 is 9.84 Å². The summed E-state index contributed by atoms with van der Waals surface area (Å²) in [7, 11) is -2.83. The largest absolute Gasteiger partial charge is 0.354 e. The Labute approximate surface area is 165 Å². The number of sulfone groups is 1. The van der Waals surface area contributed by atoms with Crippen LogP contribution in [-0.2, 0) is 9.84 Å². The quantitative estimate of drug-likeness (QED) is 0.548. The first-order chi connectivity index (χ1) is 12.9. The zero-order chi connectivity index (χ0) is 19.3. The van der Waals surface area contributed by atoms with Crippen molar-refractivity contribution in [1.82, 2.24) is 15.5 Å². The van der Waals surface area contributed by atoms with Gasteiger partial charge in [0.05, 0.1) is 11.5 Å². The van der Waals surface area contributed by atoms with Gasteiger partial charge in [-0.2, -0.15) is 0 Å². The van der Waals surface area contributed by atoms with Crippen LogP contribution in [0.25, 0.3) is 0 Å². The van der Waals surface area contributed by atoms with E-state index in [2.05, 4.69) is 29.4 Å². The molecule has 2 heterocycles. The Balaban J connectivity index is 1.56. The molecule has 7 heteroatoms. The van der Waals surface area contributed by atoms with Crippen molar-refractivity contribution in [2.45, 2.75) is 83.3 Å². The van der Waals surface area contributed by atoms with Crippen LogP contribution in [0, 0.1) is 5.92 Å². The lowest BCUT2D eigenvalue weighted by Crippen LogP contribution is -2.52. The van der Waals surface area contributed by atoms with E-state index in [0.29, 0.717) is 36.2 Å². The molecule has 1 saturated carbocycles. The van der Waals surface area contributed by atoms with Gasteiger partial charge in [-0.3, -0.25) is 4.99 Å². The maximum atomic E-state index is 11.7. The van der Waals surface area contributed by atoms with Crippen LogP contribution in [0.4, 0.5) is 0 Å². The molecule has 0 aromatic rings. The highest BCUT2D eigenvalue weighted by Gasteiger charge is 2.28. The van der Waals surface area contributed by atoms with E-state index in [1.165, 1.54) is 32.1 Å². The first-order valence-electron chi connectivity index (χ1n) is 10.9. The zero-order valence-corrected chi connectivity index (χ0v) is 17.9. The molecule has 1 aliphatic carbocycles. The summed E-state index contributed by atoms with van der Waals surface area (Å²) in [5, 5.41) is 7.33. The van der Waals surface area contributed by atoms with E-state index in [-0.39, 0.29) is 5.92 Å². The van der Waals surface area contributed by atoms with Crippen LogP contribution in [0.15, 0.2) is 4.99 Å². The number of nitrogens with one attached hydrogen (secondary N) is 2. The first-order valence-corrected chi connectivity index (χ1v) is 12.8. The Kier molecular flexibility index (Phi) is 7.42. The Hall–Kier alpha value is -0.820. The summed E-state index contributed by atoms with van der Waals surface area (Å²) >= 11 is 0. The molecule has 6 nitrogen and oxygen atoms in total. The third-order valence-electron chi connectivity index (χ3n) is 6.38. The minimum absolute atomic E-state index is 0.183. The second kappa shape index (κ2) is 9.59. The topological polar surface area (TPSA) is 73.8 Å². The third kappa shape index (κ3) is 6.63. The van der Waals surface area contributed by atoms with Crippen molar-refractivity contribution in [1.29, 1.82) is 0 Å². The van der Waals surface area contributed by atoms with Crippen LogP contribution in [0.1, 0.15) is 65.2 Å². The van der Waals surface area contributed by atoms with Crippen molar-refractivity contribution in [2.24, 2.45) is 10.9 Å². The predicted octanol–water partition coefficient (Wildman–Crippen LogP) is 2.16. The number of rotatable bonds is 5. The van der Waals surface area contributed by atoms with E-state index in [0.717, 1.165) is 38.3 Å². The molecule has 0 radical (unpaired) electrons. The van der Waals surface area contributed by atoms with Crippen LogP contribution < -0.4 is 10.6 Å². The van der Waals surface area contributed by atoms with Gasteiger partial charge < -0.3 is 15.5 Å². The SMILES string of the molecule is CC(C)N1CCC(NC(=NCC2CCS(=O)(=O)C2)NC2CCCCC2)CC1. The van der Waals surface area contributed by atoms with Gasteiger partial charge in [0.15, 0.2) is 15.8 Å². The molecule has 27 heavy (non-hydrogen) atoms. The van der Waals surface area contributed by atoms with Gasteiger partial charge in [0.2, 0.25) is 0 Å². The lowest BCUT2D eigenvalue weighted by atomic mass is 9.95. The summed E-state index contributed by atoms with van der Waals surface area (Å²) in [6, 6.07) is 1.58. The van der Waals surface area contributed by atoms with E-state index in [1.54, 1.807) is 0 Å². The van der Waals surface area contributed by atoms with Gasteiger partial charge in [0, 0.05) is 37.8 Å². The van der Waals surface area contributed by atoms with E-state index in [4.69, 9.17) is 4.99 Å². The average molecular weight is 399 g/mol. The molecule has 0 bridgehead atoms. The molecule has 3 fully saturated rings. The minimum atomic E-state index is -2.83.